The summed E-state index contributed by atoms with van der Waals surface area (Å²) in [5, 5.41) is 10.2. The molecule has 3 aromatic rings. The van der Waals surface area contributed by atoms with Crippen LogP contribution in [0.1, 0.15) is 27.6 Å². The largest absolute Gasteiger partial charge is 0.475 e. The molecule has 3 rings (SSSR count). The van der Waals surface area contributed by atoms with Gasteiger partial charge in [0, 0.05) is 26.6 Å². The molecule has 0 unspecified atom stereocenters. The average Bonchev–Trinajstić information content (AvgIpc) is 2.94. The highest BCUT2D eigenvalue weighted by Crippen LogP contribution is 2.31. The summed E-state index contributed by atoms with van der Waals surface area (Å²) in [5.74, 6) is -0.381. The van der Waals surface area contributed by atoms with E-state index in [4.69, 9.17) is 9.52 Å². The average molecular weight is 348 g/mol. The molecule has 21 heavy (non-hydrogen) atoms. The van der Waals surface area contributed by atoms with Gasteiger partial charge in [-0.15, -0.1) is 0 Å². The van der Waals surface area contributed by atoms with Crippen LogP contribution in [0.15, 0.2) is 39.2 Å². The molecule has 0 radical (unpaired) electrons. The van der Waals surface area contributed by atoms with Crippen LogP contribution in [0.4, 0.5) is 0 Å². The highest BCUT2D eigenvalue weighted by molar-refractivity contribution is 9.10. The van der Waals surface area contributed by atoms with E-state index >= 15 is 0 Å². The van der Waals surface area contributed by atoms with Gasteiger partial charge in [0.2, 0.25) is 5.76 Å². The molecule has 0 bridgehead atoms. The van der Waals surface area contributed by atoms with Crippen LogP contribution in [-0.4, -0.2) is 15.6 Å². The summed E-state index contributed by atoms with van der Waals surface area (Å²) < 4.78 is 8.63. The molecule has 1 N–H and O–H groups in total. The predicted octanol–water partition coefficient (Wildman–Crippen LogP) is 4.36. The third-order valence-corrected chi connectivity index (χ3v) is 4.63. The fourth-order valence-electron chi connectivity index (χ4n) is 2.59. The number of rotatable bonds is 3. The molecule has 4 nitrogen and oxygen atoms in total. The van der Waals surface area contributed by atoms with Crippen molar-refractivity contribution in [3.05, 3.63) is 57.6 Å². The van der Waals surface area contributed by atoms with E-state index in [1.165, 1.54) is 0 Å². The number of carbonyl (C=O) groups is 1. The number of hydrogen-bond donors (Lipinski definition) is 1. The fourth-order valence-corrected chi connectivity index (χ4v) is 3.14. The van der Waals surface area contributed by atoms with Crippen molar-refractivity contribution in [3.63, 3.8) is 0 Å². The number of aromatic carboxylic acids is 1. The van der Waals surface area contributed by atoms with E-state index in [1.54, 1.807) is 13.0 Å². The number of aromatic nitrogens is 1. The molecule has 0 fully saturated rings. The van der Waals surface area contributed by atoms with Crippen LogP contribution in [0.25, 0.3) is 10.9 Å². The van der Waals surface area contributed by atoms with Crippen LogP contribution < -0.4 is 0 Å². The second-order valence-corrected chi connectivity index (χ2v) is 5.83. The Morgan fingerprint density at radius 1 is 1.33 bits per heavy atom. The summed E-state index contributed by atoms with van der Waals surface area (Å²) in [6.45, 7) is 4.27. The van der Waals surface area contributed by atoms with Gasteiger partial charge >= 0.3 is 5.97 Å². The van der Waals surface area contributed by atoms with Crippen LogP contribution in [0.3, 0.4) is 0 Å². The zero-order valence-corrected chi connectivity index (χ0v) is 13.3. The Morgan fingerprint density at radius 2 is 2.05 bits per heavy atom. The number of aryl methyl sites for hydroxylation is 1. The molecule has 0 aliphatic heterocycles. The molecule has 0 saturated carbocycles. The molecule has 0 aliphatic carbocycles. The lowest BCUT2D eigenvalue weighted by atomic mass is 10.2. The molecule has 2 aromatic heterocycles. The third-order valence-electron chi connectivity index (χ3n) is 3.63. The Balaban J connectivity index is 2.08. The highest BCUT2D eigenvalue weighted by atomic mass is 79.9. The summed E-state index contributed by atoms with van der Waals surface area (Å²) in [6, 6.07) is 9.86. The molecule has 0 amide bonds. The van der Waals surface area contributed by atoms with E-state index in [9.17, 15) is 4.79 Å². The maximum absolute atomic E-state index is 11.1. The Bertz CT molecular complexity index is 845. The summed E-state index contributed by atoms with van der Waals surface area (Å²) >= 11 is 3.61. The molecular weight excluding hydrogens is 334 g/mol. The zero-order valence-electron chi connectivity index (χ0n) is 11.7. The standard InChI is InChI=1S/C16H14BrNO3/c1-9-7-11(21-15(9)16(19)20)8-18-10(2)14(17)12-5-3-4-6-13(12)18/h3-7H,8H2,1-2H3,(H,19,20). The number of furan rings is 1. The smallest absolute Gasteiger partial charge is 0.372 e. The first-order valence-corrected chi connectivity index (χ1v) is 7.34. The molecular formula is C16H14BrNO3. The van der Waals surface area contributed by atoms with E-state index in [-0.39, 0.29) is 5.76 Å². The van der Waals surface area contributed by atoms with Gasteiger partial charge in [0.25, 0.3) is 0 Å². The van der Waals surface area contributed by atoms with Crippen molar-refractivity contribution < 1.29 is 14.3 Å². The topological polar surface area (TPSA) is 55.4 Å². The van der Waals surface area contributed by atoms with Gasteiger partial charge in [-0.3, -0.25) is 0 Å². The van der Waals surface area contributed by atoms with Crippen molar-refractivity contribution >= 4 is 32.8 Å². The van der Waals surface area contributed by atoms with Gasteiger partial charge in [-0.2, -0.15) is 0 Å². The lowest BCUT2D eigenvalue weighted by molar-refractivity contribution is 0.0659. The van der Waals surface area contributed by atoms with Crippen molar-refractivity contribution in [1.82, 2.24) is 4.57 Å². The molecule has 5 heteroatoms. The number of nitrogens with zero attached hydrogens (tertiary/aromatic N) is 1. The van der Waals surface area contributed by atoms with Gasteiger partial charge in [0.05, 0.1) is 6.54 Å². The number of fused-ring (bicyclic) bond motifs is 1. The van der Waals surface area contributed by atoms with E-state index in [2.05, 4.69) is 26.6 Å². The van der Waals surface area contributed by atoms with Gasteiger partial charge in [-0.05, 0) is 41.9 Å². The molecule has 1 aromatic carbocycles. The summed E-state index contributed by atoms with van der Waals surface area (Å²) in [7, 11) is 0. The Hall–Kier alpha value is -2.01. The van der Waals surface area contributed by atoms with Crippen molar-refractivity contribution in [2.24, 2.45) is 0 Å². The maximum atomic E-state index is 11.1. The zero-order chi connectivity index (χ0) is 15.1. The van der Waals surface area contributed by atoms with Gasteiger partial charge in [-0.25, -0.2) is 4.79 Å². The monoisotopic (exact) mass is 347 g/mol. The normalized spacial score (nSPS) is 11.2. The molecule has 0 atom stereocenters. The van der Waals surface area contributed by atoms with Crippen LogP contribution in [0, 0.1) is 13.8 Å². The lowest BCUT2D eigenvalue weighted by Gasteiger charge is -2.05. The second kappa shape index (κ2) is 5.07. The van der Waals surface area contributed by atoms with Crippen LogP contribution in [0.5, 0.6) is 0 Å². The van der Waals surface area contributed by atoms with Crippen molar-refractivity contribution in [2.75, 3.05) is 0 Å². The minimum absolute atomic E-state index is 0.0122. The third kappa shape index (κ3) is 2.27. The number of carboxylic acids is 1. The quantitative estimate of drug-likeness (QED) is 0.765. The summed E-state index contributed by atoms with van der Waals surface area (Å²) in [5.41, 5.74) is 2.82. The van der Waals surface area contributed by atoms with Gasteiger partial charge in [0.1, 0.15) is 5.76 Å². The van der Waals surface area contributed by atoms with Gasteiger partial charge < -0.3 is 14.1 Å². The minimum atomic E-state index is -1.03. The van der Waals surface area contributed by atoms with E-state index in [1.807, 2.05) is 25.1 Å². The molecule has 0 aliphatic rings. The molecule has 108 valence electrons. The molecule has 0 saturated heterocycles. The van der Waals surface area contributed by atoms with Crippen LogP contribution in [0.2, 0.25) is 0 Å². The number of para-hydroxylation sites is 1. The first-order chi connectivity index (χ1) is 9.99. The molecule has 2 heterocycles. The van der Waals surface area contributed by atoms with Crippen LogP contribution >= 0.6 is 15.9 Å². The van der Waals surface area contributed by atoms with Crippen molar-refractivity contribution in [3.8, 4) is 0 Å². The van der Waals surface area contributed by atoms with Crippen LogP contribution in [-0.2, 0) is 6.54 Å². The summed E-state index contributed by atoms with van der Waals surface area (Å²) in [4.78, 5) is 11.1. The van der Waals surface area contributed by atoms with Crippen molar-refractivity contribution in [2.45, 2.75) is 20.4 Å². The highest BCUT2D eigenvalue weighted by Gasteiger charge is 2.17. The molecule has 0 spiro atoms. The Morgan fingerprint density at radius 3 is 2.71 bits per heavy atom. The number of hydrogen-bond acceptors (Lipinski definition) is 2. The van der Waals surface area contributed by atoms with E-state index in [0.717, 1.165) is 21.1 Å². The number of benzene rings is 1. The van der Waals surface area contributed by atoms with Crippen molar-refractivity contribution in [1.29, 1.82) is 0 Å². The first kappa shape index (κ1) is 13.9. The second-order valence-electron chi connectivity index (χ2n) is 5.03. The first-order valence-electron chi connectivity index (χ1n) is 6.55. The SMILES string of the molecule is Cc1cc(Cn2c(C)c(Br)c3ccccc32)oc1C(=O)O. The van der Waals surface area contributed by atoms with E-state index in [0.29, 0.717) is 17.9 Å². The predicted molar refractivity (Wildman–Crippen MR) is 83.9 cm³/mol. The number of halogens is 1. The van der Waals surface area contributed by atoms with Gasteiger partial charge in [-0.1, -0.05) is 18.2 Å². The maximum Gasteiger partial charge on any atom is 0.372 e. The summed E-state index contributed by atoms with van der Waals surface area (Å²) in [6.07, 6.45) is 0. The lowest BCUT2D eigenvalue weighted by Crippen LogP contribution is -2.00. The number of carboxylic acid groups (broad SMARTS) is 1. The minimum Gasteiger partial charge on any atom is -0.475 e. The van der Waals surface area contributed by atoms with Gasteiger partial charge in [0.15, 0.2) is 0 Å². The fraction of sp³-hybridized carbons (Fsp3) is 0.188. The van der Waals surface area contributed by atoms with E-state index < -0.39 is 5.97 Å². The Labute approximate surface area is 130 Å². The Kier molecular flexibility index (Phi) is 3.37.